The lowest BCUT2D eigenvalue weighted by Crippen LogP contribution is -2.11. The smallest absolute Gasteiger partial charge is 0.416 e. The van der Waals surface area contributed by atoms with E-state index in [1.807, 2.05) is 0 Å². The minimum absolute atomic E-state index is 0.0674. The lowest BCUT2D eigenvalue weighted by Gasteiger charge is -2.11. The Kier molecular flexibility index (Phi) is 6.55. The molecule has 3 rings (SSSR count). The number of hydrogen-bond donors (Lipinski definition) is 0. The summed E-state index contributed by atoms with van der Waals surface area (Å²) in [6.45, 7) is 1.27. The van der Waals surface area contributed by atoms with Crippen LogP contribution in [0.25, 0.3) is 11.6 Å². The minimum atomic E-state index is -4.49. The van der Waals surface area contributed by atoms with E-state index in [1.54, 1.807) is 54.6 Å². The number of carbonyl (C=O) groups excluding carboxylic acids is 2. The Labute approximate surface area is 176 Å². The molecule has 0 N–H and O–H groups in total. The summed E-state index contributed by atoms with van der Waals surface area (Å²) >= 11 is 0. The average molecular weight is 426 g/mol. The number of ether oxygens (including phenoxy) is 2. The highest BCUT2D eigenvalue weighted by Crippen LogP contribution is 2.31. The van der Waals surface area contributed by atoms with E-state index in [2.05, 4.69) is 0 Å². The Balaban J connectivity index is 1.96. The van der Waals surface area contributed by atoms with Crippen LogP contribution in [0, 0.1) is 0 Å². The average Bonchev–Trinajstić information content (AvgIpc) is 2.73. The molecular formula is C24H17F3O4. The quantitative estimate of drug-likeness (QED) is 0.225. The van der Waals surface area contributed by atoms with Crippen molar-refractivity contribution >= 4 is 23.6 Å². The Morgan fingerprint density at radius 1 is 0.774 bits per heavy atom. The maximum atomic E-state index is 12.9. The van der Waals surface area contributed by atoms with Gasteiger partial charge in [-0.2, -0.15) is 13.2 Å². The maximum Gasteiger partial charge on any atom is 0.416 e. The summed E-state index contributed by atoms with van der Waals surface area (Å²) in [4.78, 5) is 23.9. The highest BCUT2D eigenvalue weighted by atomic mass is 19.4. The molecule has 0 heterocycles. The monoisotopic (exact) mass is 426 g/mol. The first-order chi connectivity index (χ1) is 14.7. The summed E-state index contributed by atoms with van der Waals surface area (Å²) in [6, 6.07) is 18.9. The van der Waals surface area contributed by atoms with Crippen LogP contribution in [-0.2, 0) is 15.8 Å². The number of alkyl halides is 3. The van der Waals surface area contributed by atoms with E-state index in [4.69, 9.17) is 9.47 Å². The zero-order valence-corrected chi connectivity index (χ0v) is 16.3. The molecule has 0 aliphatic heterocycles. The van der Waals surface area contributed by atoms with Gasteiger partial charge in [0.25, 0.3) is 0 Å². The molecule has 0 spiro atoms. The van der Waals surface area contributed by atoms with Gasteiger partial charge in [-0.25, -0.2) is 4.79 Å². The second kappa shape index (κ2) is 9.30. The summed E-state index contributed by atoms with van der Waals surface area (Å²) in [5.74, 6) is -0.571. The van der Waals surface area contributed by atoms with Crippen LogP contribution in [0.2, 0.25) is 0 Å². The molecule has 0 saturated carbocycles. The first kappa shape index (κ1) is 21.8. The molecule has 0 aliphatic carbocycles. The predicted octanol–water partition coefficient (Wildman–Crippen LogP) is 5.78. The van der Waals surface area contributed by atoms with Crippen LogP contribution in [0.5, 0.6) is 11.5 Å². The van der Waals surface area contributed by atoms with Crippen LogP contribution in [-0.4, -0.2) is 11.9 Å². The fourth-order valence-corrected chi connectivity index (χ4v) is 2.71. The third kappa shape index (κ3) is 6.05. The molecule has 0 fully saturated rings. The van der Waals surface area contributed by atoms with Gasteiger partial charge in [0.1, 0.15) is 11.5 Å². The number of benzene rings is 3. The zero-order chi connectivity index (χ0) is 22.4. The van der Waals surface area contributed by atoms with Gasteiger partial charge in [0.2, 0.25) is 0 Å². The molecule has 7 heteroatoms. The van der Waals surface area contributed by atoms with Crippen molar-refractivity contribution in [3.8, 4) is 11.5 Å². The molecular weight excluding hydrogens is 409 g/mol. The zero-order valence-electron chi connectivity index (χ0n) is 16.3. The van der Waals surface area contributed by atoms with Crippen molar-refractivity contribution in [2.75, 3.05) is 0 Å². The molecule has 0 atom stereocenters. The summed E-state index contributed by atoms with van der Waals surface area (Å²) in [7, 11) is 0. The topological polar surface area (TPSA) is 52.6 Å². The third-order valence-electron chi connectivity index (χ3n) is 4.15. The van der Waals surface area contributed by atoms with E-state index in [0.29, 0.717) is 17.1 Å². The molecule has 158 valence electrons. The number of para-hydroxylation sites is 1. The molecule has 0 saturated heterocycles. The predicted molar refractivity (Wildman–Crippen MR) is 109 cm³/mol. The highest BCUT2D eigenvalue weighted by Gasteiger charge is 2.30. The fraction of sp³-hybridized carbons (Fsp3) is 0.0833. The van der Waals surface area contributed by atoms with E-state index in [1.165, 1.54) is 25.1 Å². The van der Waals surface area contributed by atoms with Crippen molar-refractivity contribution in [3.05, 3.63) is 95.6 Å². The van der Waals surface area contributed by atoms with Crippen LogP contribution in [0.3, 0.4) is 0 Å². The van der Waals surface area contributed by atoms with Gasteiger partial charge in [0.05, 0.1) is 11.1 Å². The number of hydrogen-bond acceptors (Lipinski definition) is 4. The lowest BCUT2D eigenvalue weighted by atomic mass is 10.0. The van der Waals surface area contributed by atoms with E-state index in [9.17, 15) is 22.8 Å². The first-order valence-electron chi connectivity index (χ1n) is 9.17. The summed E-state index contributed by atoms with van der Waals surface area (Å²) in [5.41, 5.74) is 0.0735. The standard InChI is InChI=1S/C24H17F3O4/c1-16(28)30-21-13-7-17(8-14-21)15-22(23(29)31-20-5-3-2-4-6-20)18-9-11-19(12-10-18)24(25,26)27/h2-15H,1H3/b22-15+. The summed E-state index contributed by atoms with van der Waals surface area (Å²) < 4.78 is 49.0. The lowest BCUT2D eigenvalue weighted by molar-refractivity contribution is -0.137. The summed E-state index contributed by atoms with van der Waals surface area (Å²) in [6.07, 6.45) is -3.00. The van der Waals surface area contributed by atoms with Crippen LogP contribution in [0.1, 0.15) is 23.6 Å². The van der Waals surface area contributed by atoms with Gasteiger partial charge in [-0.3, -0.25) is 4.79 Å². The molecule has 0 unspecified atom stereocenters. The normalized spacial score (nSPS) is 11.7. The Morgan fingerprint density at radius 2 is 1.35 bits per heavy atom. The number of halogens is 3. The fourth-order valence-electron chi connectivity index (χ4n) is 2.71. The maximum absolute atomic E-state index is 12.9. The van der Waals surface area contributed by atoms with Gasteiger partial charge in [-0.1, -0.05) is 42.5 Å². The molecule has 0 bridgehead atoms. The largest absolute Gasteiger partial charge is 0.427 e. The molecule has 3 aromatic rings. The second-order valence-electron chi connectivity index (χ2n) is 6.50. The molecule has 4 nitrogen and oxygen atoms in total. The Bertz CT molecular complexity index is 1080. The SMILES string of the molecule is CC(=O)Oc1ccc(/C=C(/C(=O)Oc2ccccc2)c2ccc(C(F)(F)F)cc2)cc1. The number of carbonyl (C=O) groups is 2. The van der Waals surface area contributed by atoms with E-state index >= 15 is 0 Å². The van der Waals surface area contributed by atoms with E-state index < -0.39 is 23.7 Å². The van der Waals surface area contributed by atoms with Crippen LogP contribution in [0.15, 0.2) is 78.9 Å². The van der Waals surface area contributed by atoms with Crippen LogP contribution >= 0.6 is 0 Å². The van der Waals surface area contributed by atoms with Gasteiger partial charge in [-0.05, 0) is 53.6 Å². The van der Waals surface area contributed by atoms with Crippen molar-refractivity contribution in [1.82, 2.24) is 0 Å². The second-order valence-corrected chi connectivity index (χ2v) is 6.50. The van der Waals surface area contributed by atoms with Crippen molar-refractivity contribution in [1.29, 1.82) is 0 Å². The van der Waals surface area contributed by atoms with Crippen molar-refractivity contribution in [3.63, 3.8) is 0 Å². The van der Waals surface area contributed by atoms with E-state index in [-0.39, 0.29) is 11.1 Å². The highest BCUT2D eigenvalue weighted by molar-refractivity contribution is 6.22. The number of esters is 2. The molecule has 3 aromatic carbocycles. The van der Waals surface area contributed by atoms with Gasteiger partial charge in [0.15, 0.2) is 0 Å². The van der Waals surface area contributed by atoms with Gasteiger partial charge < -0.3 is 9.47 Å². The molecule has 0 aliphatic rings. The first-order valence-corrected chi connectivity index (χ1v) is 9.17. The van der Waals surface area contributed by atoms with Gasteiger partial charge in [-0.15, -0.1) is 0 Å². The van der Waals surface area contributed by atoms with Gasteiger partial charge in [0, 0.05) is 6.92 Å². The molecule has 0 aromatic heterocycles. The third-order valence-corrected chi connectivity index (χ3v) is 4.15. The Morgan fingerprint density at radius 3 is 1.90 bits per heavy atom. The van der Waals surface area contributed by atoms with Crippen molar-refractivity contribution in [2.45, 2.75) is 13.1 Å². The molecule has 0 radical (unpaired) electrons. The van der Waals surface area contributed by atoms with Crippen LogP contribution in [0.4, 0.5) is 13.2 Å². The molecule has 0 amide bonds. The molecule has 31 heavy (non-hydrogen) atoms. The van der Waals surface area contributed by atoms with Crippen molar-refractivity contribution < 1.29 is 32.2 Å². The van der Waals surface area contributed by atoms with Gasteiger partial charge >= 0.3 is 18.1 Å². The minimum Gasteiger partial charge on any atom is -0.427 e. The van der Waals surface area contributed by atoms with Crippen molar-refractivity contribution in [2.24, 2.45) is 0 Å². The Hall–Kier alpha value is -3.87. The number of rotatable bonds is 5. The van der Waals surface area contributed by atoms with E-state index in [0.717, 1.165) is 12.1 Å². The van der Waals surface area contributed by atoms with Crippen LogP contribution < -0.4 is 9.47 Å². The summed E-state index contributed by atoms with van der Waals surface area (Å²) in [5, 5.41) is 0.